The van der Waals surface area contributed by atoms with E-state index in [9.17, 15) is 9.59 Å². The first-order chi connectivity index (χ1) is 13.5. The van der Waals surface area contributed by atoms with Gasteiger partial charge in [0.15, 0.2) is 0 Å². The predicted octanol–water partition coefficient (Wildman–Crippen LogP) is 4.78. The average Bonchev–Trinajstić information content (AvgIpc) is 2.70. The van der Waals surface area contributed by atoms with Gasteiger partial charge in [-0.3, -0.25) is 9.59 Å². The number of benzene rings is 3. The monoisotopic (exact) mass is 374 g/mol. The summed E-state index contributed by atoms with van der Waals surface area (Å²) < 4.78 is 5.79. The summed E-state index contributed by atoms with van der Waals surface area (Å²) in [6.45, 7) is 3.59. The van der Waals surface area contributed by atoms with Crippen LogP contribution in [0, 0.1) is 6.92 Å². The molecule has 3 aromatic carbocycles. The molecule has 0 aliphatic heterocycles. The molecule has 0 heterocycles. The van der Waals surface area contributed by atoms with E-state index in [2.05, 4.69) is 10.6 Å². The first-order valence-electron chi connectivity index (χ1n) is 8.99. The smallest absolute Gasteiger partial charge is 0.256 e. The zero-order valence-corrected chi connectivity index (χ0v) is 15.9. The Morgan fingerprint density at radius 1 is 0.821 bits per heavy atom. The second-order valence-electron chi connectivity index (χ2n) is 6.37. The lowest BCUT2D eigenvalue weighted by Crippen LogP contribution is -2.16. The van der Waals surface area contributed by atoms with Gasteiger partial charge in [0.05, 0.1) is 0 Å². The van der Waals surface area contributed by atoms with E-state index in [1.807, 2.05) is 61.5 Å². The van der Waals surface area contributed by atoms with Gasteiger partial charge in [0.1, 0.15) is 12.4 Å². The van der Waals surface area contributed by atoms with Crippen LogP contribution >= 0.6 is 0 Å². The van der Waals surface area contributed by atoms with E-state index in [1.165, 1.54) is 6.92 Å². The van der Waals surface area contributed by atoms with Crippen molar-refractivity contribution >= 4 is 23.2 Å². The minimum absolute atomic E-state index is 0.157. The highest BCUT2D eigenvalue weighted by molar-refractivity contribution is 6.06. The Morgan fingerprint density at radius 3 is 2.18 bits per heavy atom. The zero-order chi connectivity index (χ0) is 19.9. The predicted molar refractivity (Wildman–Crippen MR) is 111 cm³/mol. The molecule has 5 heteroatoms. The van der Waals surface area contributed by atoms with Crippen molar-refractivity contribution in [1.82, 2.24) is 0 Å². The maximum Gasteiger partial charge on any atom is 0.256 e. The maximum absolute atomic E-state index is 12.9. The molecular weight excluding hydrogens is 352 g/mol. The van der Waals surface area contributed by atoms with Gasteiger partial charge in [0, 0.05) is 29.4 Å². The van der Waals surface area contributed by atoms with Crippen LogP contribution in [0.3, 0.4) is 0 Å². The number of rotatable bonds is 6. The van der Waals surface area contributed by atoms with E-state index in [4.69, 9.17) is 4.74 Å². The topological polar surface area (TPSA) is 67.4 Å². The summed E-state index contributed by atoms with van der Waals surface area (Å²) in [5.74, 6) is 0.363. The summed E-state index contributed by atoms with van der Waals surface area (Å²) in [4.78, 5) is 24.2. The number of carbonyl (C=O) groups is 2. The van der Waals surface area contributed by atoms with Gasteiger partial charge in [-0.15, -0.1) is 0 Å². The van der Waals surface area contributed by atoms with Crippen LogP contribution in [0.4, 0.5) is 11.4 Å². The van der Waals surface area contributed by atoms with Crippen molar-refractivity contribution in [2.75, 3.05) is 10.6 Å². The number of nitrogens with one attached hydrogen (secondary N) is 2. The standard InChI is InChI=1S/C23H22N2O3/c1-16-21(24-17(2)26)13-8-14-22(16)25-23(27)20-12-7-6-9-18(20)15-28-19-10-4-3-5-11-19/h3-14H,15H2,1-2H3,(H,24,26)(H,25,27). The normalized spacial score (nSPS) is 10.2. The van der Waals surface area contributed by atoms with Crippen LogP contribution in [0.1, 0.15) is 28.4 Å². The summed E-state index contributed by atoms with van der Waals surface area (Å²) in [6.07, 6.45) is 0. The Morgan fingerprint density at radius 2 is 1.46 bits per heavy atom. The Kier molecular flexibility index (Phi) is 6.07. The minimum Gasteiger partial charge on any atom is -0.489 e. The van der Waals surface area contributed by atoms with Gasteiger partial charge in [-0.25, -0.2) is 0 Å². The molecule has 0 saturated carbocycles. The second-order valence-corrected chi connectivity index (χ2v) is 6.37. The molecule has 0 spiro atoms. The quantitative estimate of drug-likeness (QED) is 0.652. The van der Waals surface area contributed by atoms with Crippen molar-refractivity contribution in [3.8, 4) is 5.75 Å². The van der Waals surface area contributed by atoms with E-state index in [0.29, 0.717) is 23.5 Å². The summed E-state index contributed by atoms with van der Waals surface area (Å²) in [6, 6.07) is 22.2. The molecule has 2 N–H and O–H groups in total. The SMILES string of the molecule is CC(=O)Nc1cccc(NC(=O)c2ccccc2COc2ccccc2)c1C. The van der Waals surface area contributed by atoms with Gasteiger partial charge in [0.25, 0.3) is 5.91 Å². The summed E-state index contributed by atoms with van der Waals surface area (Å²) in [7, 11) is 0. The van der Waals surface area contributed by atoms with Crippen LogP contribution in [-0.2, 0) is 11.4 Å². The van der Waals surface area contributed by atoms with E-state index >= 15 is 0 Å². The highest BCUT2D eigenvalue weighted by atomic mass is 16.5. The fourth-order valence-electron chi connectivity index (χ4n) is 2.83. The van der Waals surface area contributed by atoms with Crippen LogP contribution in [0.2, 0.25) is 0 Å². The van der Waals surface area contributed by atoms with Crippen molar-refractivity contribution in [3.05, 3.63) is 89.5 Å². The Bertz CT molecular complexity index is 984. The third-order valence-corrected chi connectivity index (χ3v) is 4.29. The minimum atomic E-state index is -0.227. The first kappa shape index (κ1) is 19.2. The van der Waals surface area contributed by atoms with Gasteiger partial charge in [-0.05, 0) is 42.8 Å². The van der Waals surface area contributed by atoms with Gasteiger partial charge < -0.3 is 15.4 Å². The molecule has 28 heavy (non-hydrogen) atoms. The number of hydrogen-bond acceptors (Lipinski definition) is 3. The van der Waals surface area contributed by atoms with Crippen molar-refractivity contribution < 1.29 is 14.3 Å². The Balaban J connectivity index is 1.77. The third-order valence-electron chi connectivity index (χ3n) is 4.29. The lowest BCUT2D eigenvalue weighted by atomic mass is 10.1. The second kappa shape index (κ2) is 8.86. The molecule has 0 aromatic heterocycles. The Labute approximate surface area is 164 Å². The highest BCUT2D eigenvalue weighted by Crippen LogP contribution is 2.24. The number of ether oxygens (including phenoxy) is 1. The molecule has 142 valence electrons. The number of hydrogen-bond donors (Lipinski definition) is 2. The third kappa shape index (κ3) is 4.76. The molecule has 5 nitrogen and oxygen atoms in total. The van der Waals surface area contributed by atoms with Gasteiger partial charge >= 0.3 is 0 Å². The van der Waals surface area contributed by atoms with Crippen LogP contribution < -0.4 is 15.4 Å². The molecule has 0 aliphatic carbocycles. The number of para-hydroxylation sites is 1. The maximum atomic E-state index is 12.9. The van der Waals surface area contributed by atoms with Crippen molar-refractivity contribution in [1.29, 1.82) is 0 Å². The zero-order valence-electron chi connectivity index (χ0n) is 15.9. The molecule has 0 fully saturated rings. The molecule has 0 radical (unpaired) electrons. The number of amides is 2. The summed E-state index contributed by atoms with van der Waals surface area (Å²) in [5, 5.41) is 5.70. The summed E-state index contributed by atoms with van der Waals surface area (Å²) in [5.41, 5.74) is 3.45. The van der Waals surface area contributed by atoms with E-state index in [0.717, 1.165) is 16.9 Å². The number of carbonyl (C=O) groups excluding carboxylic acids is 2. The fourth-order valence-corrected chi connectivity index (χ4v) is 2.83. The van der Waals surface area contributed by atoms with Crippen LogP contribution in [-0.4, -0.2) is 11.8 Å². The first-order valence-corrected chi connectivity index (χ1v) is 8.99. The largest absolute Gasteiger partial charge is 0.489 e. The number of anilines is 2. The molecule has 3 rings (SSSR count). The molecular formula is C23H22N2O3. The highest BCUT2D eigenvalue weighted by Gasteiger charge is 2.14. The average molecular weight is 374 g/mol. The summed E-state index contributed by atoms with van der Waals surface area (Å²) >= 11 is 0. The van der Waals surface area contributed by atoms with E-state index < -0.39 is 0 Å². The van der Waals surface area contributed by atoms with Crippen LogP contribution in [0.25, 0.3) is 0 Å². The van der Waals surface area contributed by atoms with Gasteiger partial charge in [0.2, 0.25) is 5.91 Å². The molecule has 0 bridgehead atoms. The molecule has 3 aromatic rings. The lowest BCUT2D eigenvalue weighted by molar-refractivity contribution is -0.114. The van der Waals surface area contributed by atoms with Gasteiger partial charge in [-0.1, -0.05) is 42.5 Å². The van der Waals surface area contributed by atoms with Crippen molar-refractivity contribution in [2.24, 2.45) is 0 Å². The fraction of sp³-hybridized carbons (Fsp3) is 0.130. The van der Waals surface area contributed by atoms with Crippen molar-refractivity contribution in [3.63, 3.8) is 0 Å². The van der Waals surface area contributed by atoms with E-state index in [1.54, 1.807) is 18.2 Å². The molecule has 2 amide bonds. The molecule has 0 unspecified atom stereocenters. The van der Waals surface area contributed by atoms with Crippen LogP contribution in [0.15, 0.2) is 72.8 Å². The molecule has 0 saturated heterocycles. The van der Waals surface area contributed by atoms with E-state index in [-0.39, 0.29) is 11.8 Å². The van der Waals surface area contributed by atoms with Crippen molar-refractivity contribution in [2.45, 2.75) is 20.5 Å². The lowest BCUT2D eigenvalue weighted by Gasteiger charge is -2.14. The van der Waals surface area contributed by atoms with Crippen LogP contribution in [0.5, 0.6) is 5.75 Å². The molecule has 0 atom stereocenters. The van der Waals surface area contributed by atoms with Gasteiger partial charge in [-0.2, -0.15) is 0 Å². The Hall–Kier alpha value is -3.60. The molecule has 0 aliphatic rings.